The van der Waals surface area contributed by atoms with E-state index >= 15 is 8.78 Å². The molecule has 0 amide bonds. The van der Waals surface area contributed by atoms with Gasteiger partial charge in [-0.1, -0.05) is 12.1 Å². The first-order valence-electron chi connectivity index (χ1n) is 21.8. The zero-order valence-electron chi connectivity index (χ0n) is 36.2. The number of nitrogens with two attached hydrogens (primary N) is 1. The molecule has 0 spiro atoms. The van der Waals surface area contributed by atoms with Crippen molar-refractivity contribution in [3.05, 3.63) is 114 Å². The molecule has 0 bridgehead atoms. The van der Waals surface area contributed by atoms with Crippen molar-refractivity contribution in [3.8, 4) is 34.1 Å². The molecular formula is C48H58F3N7O4. The molecule has 0 radical (unpaired) electrons. The highest BCUT2D eigenvalue weighted by molar-refractivity contribution is 5.77. The van der Waals surface area contributed by atoms with E-state index in [0.29, 0.717) is 118 Å². The number of pyridine rings is 2. The molecule has 2 saturated heterocycles. The number of hydrogen-bond donors (Lipinski definition) is 1. The first kappa shape index (κ1) is 44.3. The Morgan fingerprint density at radius 1 is 0.581 bits per heavy atom. The highest BCUT2D eigenvalue weighted by Crippen LogP contribution is 2.42. The molecular weight excluding hydrogens is 796 g/mol. The number of anilines is 3. The third kappa shape index (κ3) is 10.3. The number of rotatable bonds is 18. The molecule has 11 nitrogen and oxygen atoms in total. The molecule has 0 saturated carbocycles. The zero-order valence-corrected chi connectivity index (χ0v) is 36.2. The van der Waals surface area contributed by atoms with Crippen LogP contribution in [0.15, 0.2) is 85.5 Å². The lowest BCUT2D eigenvalue weighted by molar-refractivity contribution is 0.182. The van der Waals surface area contributed by atoms with E-state index in [9.17, 15) is 4.39 Å². The third-order valence-corrected chi connectivity index (χ3v) is 11.5. The Labute approximate surface area is 363 Å². The second kappa shape index (κ2) is 20.9. The number of piperidine rings is 2. The Bertz CT molecular complexity index is 2180. The number of nitrogen functional groups attached to an aromatic ring is 1. The van der Waals surface area contributed by atoms with E-state index in [0.717, 1.165) is 35.3 Å². The predicted molar refractivity (Wildman–Crippen MR) is 237 cm³/mol. The Morgan fingerprint density at radius 3 is 1.35 bits per heavy atom. The Balaban J connectivity index is 1.13. The van der Waals surface area contributed by atoms with Crippen LogP contribution >= 0.6 is 0 Å². The molecule has 14 heteroatoms. The highest BCUT2D eigenvalue weighted by atomic mass is 19.1. The van der Waals surface area contributed by atoms with E-state index in [-0.39, 0.29) is 17.9 Å². The van der Waals surface area contributed by atoms with Gasteiger partial charge in [0.25, 0.3) is 0 Å². The minimum atomic E-state index is -0.474. The van der Waals surface area contributed by atoms with Gasteiger partial charge in [0, 0.05) is 51.7 Å². The Morgan fingerprint density at radius 2 is 0.968 bits per heavy atom. The van der Waals surface area contributed by atoms with Gasteiger partial charge in [0.05, 0.1) is 67.8 Å². The fourth-order valence-electron chi connectivity index (χ4n) is 8.72. The first-order valence-corrected chi connectivity index (χ1v) is 21.8. The summed E-state index contributed by atoms with van der Waals surface area (Å²) < 4.78 is 70.0. The van der Waals surface area contributed by atoms with Gasteiger partial charge in [-0.2, -0.15) is 0 Å². The smallest absolute Gasteiger partial charge is 0.166 e. The van der Waals surface area contributed by atoms with E-state index in [1.165, 1.54) is 24.5 Å². The minimum Gasteiger partial charge on any atom is -0.493 e. The van der Waals surface area contributed by atoms with Gasteiger partial charge in [-0.05, 0) is 119 Å². The summed E-state index contributed by atoms with van der Waals surface area (Å²) in [6.45, 7) is 13.8. The van der Waals surface area contributed by atoms with E-state index in [1.807, 2.05) is 62.0 Å². The standard InChI is InChI=1S/C48H58F3N7O4/c1-5-59-43-25-33(26-44(60-6-2)47(43)35-9-11-36(49)12-10-35)31-55-21-15-37(16-22-55)57(41-13-19-53-29-39(41)50)58(42-14-20-54-30-40(42)51)38-17-23-56(24-18-38)32-34-27-45(61-7-3)48(52)46(28-34)62-8-4/h9-14,19-20,25-30,37-38H,5-8,15-18,21-24,31-32,52H2,1-4H3. The summed E-state index contributed by atoms with van der Waals surface area (Å²) in [5, 5.41) is 3.99. The predicted octanol–water partition coefficient (Wildman–Crippen LogP) is 9.30. The molecule has 0 aliphatic carbocycles. The van der Waals surface area contributed by atoms with Crippen molar-refractivity contribution < 1.29 is 32.1 Å². The maximum atomic E-state index is 16.1. The average molecular weight is 854 g/mol. The van der Waals surface area contributed by atoms with Gasteiger partial charge in [-0.25, -0.2) is 13.2 Å². The van der Waals surface area contributed by atoms with Gasteiger partial charge >= 0.3 is 0 Å². The summed E-state index contributed by atoms with van der Waals surface area (Å²) in [5.41, 5.74) is 11.2. The first-order chi connectivity index (χ1) is 30.2. The summed E-state index contributed by atoms with van der Waals surface area (Å²) in [7, 11) is 0. The van der Waals surface area contributed by atoms with Crippen LogP contribution in [0.25, 0.3) is 11.1 Å². The molecule has 2 N–H and O–H groups in total. The monoisotopic (exact) mass is 853 g/mol. The van der Waals surface area contributed by atoms with Gasteiger partial charge in [-0.3, -0.25) is 29.8 Å². The SMILES string of the molecule is CCOc1cc(CN2CCC(N(c3ccncc3F)N(c3ccncc3F)C3CCN(Cc4cc(OCC)c(-c5ccc(F)cc5)c(OCC)c4)CC3)CC2)cc(OCC)c1N. The summed E-state index contributed by atoms with van der Waals surface area (Å²) >= 11 is 0. The summed E-state index contributed by atoms with van der Waals surface area (Å²) in [6.07, 6.45) is 8.41. The molecule has 2 aliphatic heterocycles. The van der Waals surface area contributed by atoms with Crippen LogP contribution in [0, 0.1) is 17.5 Å². The van der Waals surface area contributed by atoms with Gasteiger partial charge < -0.3 is 24.7 Å². The van der Waals surface area contributed by atoms with Crippen LogP contribution in [-0.2, 0) is 13.1 Å². The minimum absolute atomic E-state index is 0.147. The van der Waals surface area contributed by atoms with Crippen molar-refractivity contribution in [1.29, 1.82) is 0 Å². The zero-order chi connectivity index (χ0) is 43.6. The lowest BCUT2D eigenvalue weighted by Gasteiger charge is -2.50. The Kier molecular flexibility index (Phi) is 14.9. The number of likely N-dealkylation sites (tertiary alicyclic amines) is 2. The molecule has 62 heavy (non-hydrogen) atoms. The molecule has 330 valence electrons. The molecule has 2 fully saturated rings. The molecule has 3 aromatic carbocycles. The van der Waals surface area contributed by atoms with E-state index in [4.69, 9.17) is 24.7 Å². The van der Waals surface area contributed by atoms with E-state index < -0.39 is 11.6 Å². The maximum absolute atomic E-state index is 16.1. The molecule has 4 heterocycles. The van der Waals surface area contributed by atoms with Gasteiger partial charge in [-0.15, -0.1) is 0 Å². The van der Waals surface area contributed by atoms with Crippen molar-refractivity contribution in [2.45, 2.75) is 78.6 Å². The molecule has 7 rings (SSSR count). The quantitative estimate of drug-likeness (QED) is 0.0675. The van der Waals surface area contributed by atoms with E-state index in [1.54, 1.807) is 36.7 Å². The van der Waals surface area contributed by atoms with Crippen LogP contribution in [0.1, 0.15) is 64.5 Å². The second-order valence-corrected chi connectivity index (χ2v) is 15.6. The number of hydrogen-bond acceptors (Lipinski definition) is 11. The highest BCUT2D eigenvalue weighted by Gasteiger charge is 2.37. The number of hydrazine groups is 1. The van der Waals surface area contributed by atoms with Gasteiger partial charge in [0.1, 0.15) is 34.5 Å². The van der Waals surface area contributed by atoms with Crippen LogP contribution in [-0.4, -0.2) is 84.5 Å². The van der Waals surface area contributed by atoms with Crippen LogP contribution in [0.2, 0.25) is 0 Å². The largest absolute Gasteiger partial charge is 0.493 e. The number of halogens is 3. The van der Waals surface area contributed by atoms with Gasteiger partial charge in [0.15, 0.2) is 11.6 Å². The van der Waals surface area contributed by atoms with Crippen molar-refractivity contribution in [3.63, 3.8) is 0 Å². The second-order valence-electron chi connectivity index (χ2n) is 15.6. The fraction of sp³-hybridized carbons (Fsp3) is 0.417. The number of nitrogens with zero attached hydrogens (tertiary/aromatic N) is 6. The Hall–Kier alpha value is -5.73. The van der Waals surface area contributed by atoms with Crippen LogP contribution < -0.4 is 34.7 Å². The normalized spacial score (nSPS) is 15.3. The number of aromatic nitrogens is 2. The molecule has 0 unspecified atom stereocenters. The lowest BCUT2D eigenvalue weighted by atomic mass is 9.98. The molecule has 2 aromatic heterocycles. The summed E-state index contributed by atoms with van der Waals surface area (Å²) in [5.74, 6) is 1.30. The fourth-order valence-corrected chi connectivity index (χ4v) is 8.72. The molecule has 0 atom stereocenters. The number of benzene rings is 3. The summed E-state index contributed by atoms with van der Waals surface area (Å²) in [4.78, 5) is 12.9. The molecule has 2 aliphatic rings. The van der Waals surface area contributed by atoms with Crippen molar-refractivity contribution >= 4 is 17.1 Å². The van der Waals surface area contributed by atoms with E-state index in [2.05, 4.69) is 19.8 Å². The third-order valence-electron chi connectivity index (χ3n) is 11.5. The lowest BCUT2D eigenvalue weighted by Crippen LogP contribution is -2.59. The topological polar surface area (TPSA) is 102 Å². The van der Waals surface area contributed by atoms with Crippen LogP contribution in [0.3, 0.4) is 0 Å². The maximum Gasteiger partial charge on any atom is 0.166 e. The van der Waals surface area contributed by atoms with Crippen molar-refractivity contribution in [1.82, 2.24) is 19.8 Å². The van der Waals surface area contributed by atoms with Crippen LogP contribution in [0.4, 0.5) is 30.2 Å². The molecule has 5 aromatic rings. The van der Waals surface area contributed by atoms with Crippen molar-refractivity contribution in [2.24, 2.45) is 0 Å². The average Bonchev–Trinajstić information content (AvgIpc) is 3.27. The summed E-state index contributed by atoms with van der Waals surface area (Å²) in [6, 6.07) is 17.5. The van der Waals surface area contributed by atoms with Crippen molar-refractivity contribution in [2.75, 3.05) is 68.4 Å². The van der Waals surface area contributed by atoms with Gasteiger partial charge in [0.2, 0.25) is 0 Å². The number of ether oxygens (including phenoxy) is 4. The van der Waals surface area contributed by atoms with Crippen LogP contribution in [0.5, 0.6) is 23.0 Å².